The Balaban J connectivity index is 0.00000132. The summed E-state index contributed by atoms with van der Waals surface area (Å²) in [7, 11) is 0. The summed E-state index contributed by atoms with van der Waals surface area (Å²) < 4.78 is 13.6. The number of nitrogens with two attached hydrogens (primary N) is 1. The summed E-state index contributed by atoms with van der Waals surface area (Å²) in [5, 5.41) is 9.61. The third kappa shape index (κ3) is 2.04. The van der Waals surface area contributed by atoms with Gasteiger partial charge in [0, 0.05) is 38.6 Å². The fourth-order valence-corrected chi connectivity index (χ4v) is 3.06. The predicted octanol–water partition coefficient (Wildman–Crippen LogP) is -0.299. The molecular weight excluding hydrogens is 351 g/mol. The molecule has 8 nitrogen and oxygen atoms in total. The molecule has 2 bridgehead atoms. The number of aliphatic hydroxyl groups excluding tert-OH is 1. The number of hydrogen-bond donors (Lipinski definition) is 2. The van der Waals surface area contributed by atoms with Crippen LogP contribution < -0.4 is 5.73 Å². The molecule has 1 unspecified atom stereocenters. The van der Waals surface area contributed by atoms with Crippen LogP contribution in [0.25, 0.3) is 11.2 Å². The molecule has 0 aliphatic carbocycles. The Morgan fingerprint density at radius 1 is 1.52 bits per heavy atom. The van der Waals surface area contributed by atoms with Crippen LogP contribution in [-0.2, 0) is 42.2 Å². The van der Waals surface area contributed by atoms with Crippen molar-refractivity contribution in [2.45, 2.75) is 24.9 Å². The van der Waals surface area contributed by atoms with Crippen LogP contribution in [0.4, 0.5) is 5.95 Å². The Hall–Kier alpha value is -0.666. The average Bonchev–Trinajstić information content (AvgIpc) is 3.09. The van der Waals surface area contributed by atoms with E-state index in [-0.39, 0.29) is 63.5 Å². The number of aliphatic hydroxyl groups is 1. The fourth-order valence-electron chi connectivity index (χ4n) is 3.06. The molecule has 109 valence electrons. The molecule has 2 saturated heterocycles. The molecule has 1 radical (unpaired) electrons. The van der Waals surface area contributed by atoms with E-state index in [9.17, 15) is 5.11 Å². The summed E-state index contributed by atoms with van der Waals surface area (Å²) >= 11 is 0. The second-order valence-electron chi connectivity index (χ2n) is 5.38. The Labute approximate surface area is 145 Å². The molecule has 4 rings (SSSR count). The van der Waals surface area contributed by atoms with Crippen molar-refractivity contribution in [1.29, 1.82) is 0 Å². The van der Waals surface area contributed by atoms with Gasteiger partial charge in [0.05, 0.1) is 25.7 Å². The number of anilines is 1. The van der Waals surface area contributed by atoms with Crippen molar-refractivity contribution < 1.29 is 47.3 Å². The van der Waals surface area contributed by atoms with Crippen molar-refractivity contribution in [3.05, 3.63) is 12.5 Å². The van der Waals surface area contributed by atoms with Crippen molar-refractivity contribution in [2.75, 3.05) is 18.9 Å². The summed E-state index contributed by atoms with van der Waals surface area (Å²) in [5.41, 5.74) is 6.26. The molecule has 4 atom stereocenters. The van der Waals surface area contributed by atoms with E-state index in [4.69, 9.17) is 15.2 Å². The zero-order valence-electron chi connectivity index (χ0n) is 11.5. The van der Waals surface area contributed by atoms with E-state index in [0.717, 1.165) is 0 Å². The third-order valence-corrected chi connectivity index (χ3v) is 4.36. The molecule has 0 saturated carbocycles. The van der Waals surface area contributed by atoms with Gasteiger partial charge in [-0.3, -0.25) is 4.57 Å². The van der Waals surface area contributed by atoms with Gasteiger partial charge in [0.2, 0.25) is 5.95 Å². The van der Waals surface area contributed by atoms with E-state index in [2.05, 4.69) is 15.0 Å². The van der Waals surface area contributed by atoms with Gasteiger partial charge in [-0.25, -0.2) is 9.97 Å². The largest absolute Gasteiger partial charge is 0.393 e. The first-order valence-corrected chi connectivity index (χ1v) is 6.50. The maximum absolute atomic E-state index is 9.61. The van der Waals surface area contributed by atoms with Gasteiger partial charge in [0.1, 0.15) is 17.2 Å². The third-order valence-electron chi connectivity index (χ3n) is 4.36. The topological polar surface area (TPSA) is 108 Å². The van der Waals surface area contributed by atoms with E-state index >= 15 is 0 Å². The zero-order valence-corrected chi connectivity index (χ0v) is 14.3. The number of nitrogens with zero attached hydrogens (tertiary/aromatic N) is 4. The molecule has 2 aliphatic rings. The van der Waals surface area contributed by atoms with Gasteiger partial charge in [0.25, 0.3) is 0 Å². The first-order chi connectivity index (χ1) is 9.64. The molecule has 4 heterocycles. The zero-order chi connectivity index (χ0) is 13.9. The molecular formula is C12H15N5O3Y. The van der Waals surface area contributed by atoms with E-state index in [1.807, 2.05) is 6.92 Å². The first-order valence-electron chi connectivity index (χ1n) is 6.50. The van der Waals surface area contributed by atoms with Crippen molar-refractivity contribution in [2.24, 2.45) is 5.92 Å². The van der Waals surface area contributed by atoms with Crippen molar-refractivity contribution in [3.8, 4) is 0 Å². The van der Waals surface area contributed by atoms with Gasteiger partial charge >= 0.3 is 0 Å². The van der Waals surface area contributed by atoms with Crippen LogP contribution in [0.1, 0.15) is 13.2 Å². The monoisotopic (exact) mass is 366 g/mol. The predicted molar refractivity (Wildman–Crippen MR) is 68.6 cm³/mol. The molecule has 2 aliphatic heterocycles. The van der Waals surface area contributed by atoms with Gasteiger partial charge in [-0.05, 0) is 0 Å². The molecule has 0 aromatic carbocycles. The maximum atomic E-state index is 9.61. The van der Waals surface area contributed by atoms with Gasteiger partial charge in [-0.15, -0.1) is 0 Å². The summed E-state index contributed by atoms with van der Waals surface area (Å²) in [4.78, 5) is 12.4. The van der Waals surface area contributed by atoms with Gasteiger partial charge in [0.15, 0.2) is 11.9 Å². The second-order valence-corrected chi connectivity index (χ2v) is 5.38. The molecule has 2 fully saturated rings. The van der Waals surface area contributed by atoms with Crippen molar-refractivity contribution in [3.63, 3.8) is 0 Å². The van der Waals surface area contributed by atoms with Crippen LogP contribution in [0.3, 0.4) is 0 Å². The fraction of sp³-hybridized carbons (Fsp3) is 0.583. The van der Waals surface area contributed by atoms with Crippen LogP contribution in [0.15, 0.2) is 12.5 Å². The molecule has 0 spiro atoms. The minimum atomic E-state index is -0.634. The van der Waals surface area contributed by atoms with Crippen molar-refractivity contribution in [1.82, 2.24) is 19.5 Å². The molecule has 21 heavy (non-hydrogen) atoms. The minimum absolute atomic E-state index is 0. The number of hydrogen-bond acceptors (Lipinski definition) is 7. The summed E-state index contributed by atoms with van der Waals surface area (Å²) in [6.07, 6.45) is 2.74. The smallest absolute Gasteiger partial charge is 0.222 e. The summed E-state index contributed by atoms with van der Waals surface area (Å²) in [6.45, 7) is 2.37. The standard InChI is InChI=1S/C12H15N5O3.Y/c1-6-8-10(20-12(6,3-18)4-19-8)17-5-15-7-2-14-11(13)16-9(7)17;/h2,5-6,8,10,18H,3-4H2,1H3,(H2,13,14,16);/t6-,8?,10-,12+;/m1./s1. The van der Waals surface area contributed by atoms with Crippen LogP contribution >= 0.6 is 0 Å². The van der Waals surface area contributed by atoms with Crippen LogP contribution in [0.2, 0.25) is 0 Å². The van der Waals surface area contributed by atoms with E-state index in [1.54, 1.807) is 17.1 Å². The molecule has 2 aromatic heterocycles. The minimum Gasteiger partial charge on any atom is -0.393 e. The number of aromatic nitrogens is 4. The Morgan fingerprint density at radius 3 is 3.05 bits per heavy atom. The average molecular weight is 366 g/mol. The first kappa shape index (κ1) is 15.2. The maximum Gasteiger partial charge on any atom is 0.222 e. The molecule has 2 aromatic rings. The summed E-state index contributed by atoms with van der Waals surface area (Å²) in [5.74, 6) is 0.294. The van der Waals surface area contributed by atoms with E-state index in [0.29, 0.717) is 17.8 Å². The number of fused-ring (bicyclic) bond motifs is 3. The number of ether oxygens (including phenoxy) is 2. The molecule has 3 N–H and O–H groups in total. The van der Waals surface area contributed by atoms with Crippen LogP contribution in [-0.4, -0.2) is 49.5 Å². The summed E-state index contributed by atoms with van der Waals surface area (Å²) in [6, 6.07) is 0. The molecule has 0 amide bonds. The Kier molecular flexibility index (Phi) is 3.78. The Bertz CT molecular complexity index is 680. The normalized spacial score (nSPS) is 34.3. The van der Waals surface area contributed by atoms with Gasteiger partial charge in [-0.1, -0.05) is 6.92 Å². The van der Waals surface area contributed by atoms with E-state index < -0.39 is 5.60 Å². The molecule has 9 heteroatoms. The van der Waals surface area contributed by atoms with Gasteiger partial charge < -0.3 is 20.3 Å². The van der Waals surface area contributed by atoms with Crippen molar-refractivity contribution >= 4 is 17.1 Å². The quantitative estimate of drug-likeness (QED) is 0.751. The van der Waals surface area contributed by atoms with Gasteiger partial charge in [-0.2, -0.15) is 4.98 Å². The van der Waals surface area contributed by atoms with Crippen LogP contribution in [0.5, 0.6) is 0 Å². The van der Waals surface area contributed by atoms with E-state index in [1.165, 1.54) is 0 Å². The number of nitrogen functional groups attached to an aromatic ring is 1. The number of rotatable bonds is 2. The number of imidazole rings is 1. The second kappa shape index (κ2) is 5.21. The SMILES string of the molecule is C[C@@H]1C2OC[C@]1(CO)O[C@H]2n1cnc2cnc(N)nc21.[Y]. The van der Waals surface area contributed by atoms with Crippen LogP contribution in [0, 0.1) is 5.92 Å². The Morgan fingerprint density at radius 2 is 2.33 bits per heavy atom.